The Morgan fingerprint density at radius 3 is 2.00 bits per heavy atom. The lowest BCUT2D eigenvalue weighted by Gasteiger charge is -2.24. The Bertz CT molecular complexity index is 1090. The first-order valence-electron chi connectivity index (χ1n) is 11.4. The van der Waals surface area contributed by atoms with Crippen LogP contribution in [0.1, 0.15) is 23.6 Å². The summed E-state index contributed by atoms with van der Waals surface area (Å²) in [5.74, 6) is 0.549. The lowest BCUT2D eigenvalue weighted by molar-refractivity contribution is -0.122. The summed E-state index contributed by atoms with van der Waals surface area (Å²) in [5, 5.41) is -0.221. The maximum absolute atomic E-state index is 13.0. The quantitative estimate of drug-likeness (QED) is 0.348. The van der Waals surface area contributed by atoms with Crippen molar-refractivity contribution in [3.8, 4) is 5.75 Å². The molecule has 1 aliphatic rings. The topological polar surface area (TPSA) is 49.9 Å². The number of carbonyl (C=O) groups is 2. The molecule has 34 heavy (non-hydrogen) atoms. The van der Waals surface area contributed by atoms with Gasteiger partial charge >= 0.3 is 0 Å². The Labute approximate surface area is 205 Å². The maximum atomic E-state index is 13.0. The molecular weight excluding hydrogens is 444 g/mol. The molecule has 1 fully saturated rings. The van der Waals surface area contributed by atoms with Gasteiger partial charge in [0.25, 0.3) is 11.1 Å². The number of imide groups is 1. The fourth-order valence-corrected chi connectivity index (χ4v) is 4.67. The van der Waals surface area contributed by atoms with Crippen molar-refractivity contribution in [2.24, 2.45) is 0 Å². The standard InChI is InChI=1S/C28H28N2O3S/c1-2-33-25-15-13-22(14-16-25)19-26-27(31)30(28(32)34-26)18-17-29(20-23-9-5-3-6-10-23)21-24-11-7-4-8-12-24/h3-16,19H,2,17-18,20-21H2,1H3/b26-19-. The number of hydrogen-bond acceptors (Lipinski definition) is 5. The van der Waals surface area contributed by atoms with Crippen LogP contribution in [0.3, 0.4) is 0 Å². The molecule has 0 spiro atoms. The summed E-state index contributed by atoms with van der Waals surface area (Å²) in [7, 11) is 0. The van der Waals surface area contributed by atoms with Crippen LogP contribution >= 0.6 is 11.8 Å². The van der Waals surface area contributed by atoms with Crippen LogP contribution in [0.15, 0.2) is 89.8 Å². The molecule has 0 bridgehead atoms. The van der Waals surface area contributed by atoms with Crippen LogP contribution in [0, 0.1) is 0 Å². The zero-order valence-electron chi connectivity index (χ0n) is 19.2. The van der Waals surface area contributed by atoms with E-state index >= 15 is 0 Å². The van der Waals surface area contributed by atoms with Gasteiger partial charge in [0.05, 0.1) is 11.5 Å². The minimum atomic E-state index is -0.233. The summed E-state index contributed by atoms with van der Waals surface area (Å²) >= 11 is 0.999. The molecule has 4 rings (SSSR count). The number of nitrogens with zero attached hydrogens (tertiary/aromatic N) is 2. The Morgan fingerprint density at radius 1 is 0.853 bits per heavy atom. The van der Waals surface area contributed by atoms with E-state index in [1.54, 1.807) is 6.08 Å². The molecule has 0 saturated carbocycles. The number of hydrogen-bond donors (Lipinski definition) is 0. The molecule has 5 nitrogen and oxygen atoms in total. The molecule has 2 amide bonds. The predicted molar refractivity (Wildman–Crippen MR) is 137 cm³/mol. The van der Waals surface area contributed by atoms with Crippen LogP contribution in [0.2, 0.25) is 0 Å². The molecule has 0 aliphatic carbocycles. The monoisotopic (exact) mass is 472 g/mol. The maximum Gasteiger partial charge on any atom is 0.293 e. The third-order valence-electron chi connectivity index (χ3n) is 5.50. The van der Waals surface area contributed by atoms with Crippen LogP contribution in [0.25, 0.3) is 6.08 Å². The molecular formula is C28H28N2O3S. The Morgan fingerprint density at radius 2 is 1.44 bits per heavy atom. The van der Waals surface area contributed by atoms with Crippen LogP contribution in [0.5, 0.6) is 5.75 Å². The van der Waals surface area contributed by atoms with E-state index in [0.717, 1.165) is 36.2 Å². The van der Waals surface area contributed by atoms with Crippen LogP contribution < -0.4 is 4.74 Å². The lowest BCUT2D eigenvalue weighted by Crippen LogP contribution is -2.37. The summed E-state index contributed by atoms with van der Waals surface area (Å²) in [4.78, 5) is 29.7. The molecule has 0 atom stereocenters. The normalized spacial score (nSPS) is 14.9. The number of thioether (sulfide) groups is 1. The molecule has 1 heterocycles. The average Bonchev–Trinajstić information content (AvgIpc) is 3.12. The fraction of sp³-hybridized carbons (Fsp3) is 0.214. The molecule has 0 N–H and O–H groups in total. The Balaban J connectivity index is 1.43. The number of carbonyl (C=O) groups excluding carboxylic acids is 2. The van der Waals surface area contributed by atoms with Crippen molar-refractivity contribution in [1.82, 2.24) is 9.80 Å². The van der Waals surface area contributed by atoms with Gasteiger partial charge in [0.15, 0.2) is 0 Å². The number of benzene rings is 3. The van der Waals surface area contributed by atoms with E-state index in [0.29, 0.717) is 24.6 Å². The number of ether oxygens (including phenoxy) is 1. The van der Waals surface area contributed by atoms with Gasteiger partial charge in [-0.25, -0.2) is 0 Å². The second-order valence-corrected chi connectivity index (χ2v) is 9.01. The van der Waals surface area contributed by atoms with Gasteiger partial charge in [0.2, 0.25) is 0 Å². The molecule has 3 aromatic rings. The third-order valence-corrected chi connectivity index (χ3v) is 6.41. The highest BCUT2D eigenvalue weighted by Gasteiger charge is 2.35. The molecule has 0 aromatic heterocycles. The van der Waals surface area contributed by atoms with Gasteiger partial charge in [-0.3, -0.25) is 19.4 Å². The highest BCUT2D eigenvalue weighted by atomic mass is 32.2. The summed E-state index contributed by atoms with van der Waals surface area (Å²) in [6, 6.07) is 28.0. The zero-order valence-corrected chi connectivity index (χ0v) is 20.0. The summed E-state index contributed by atoms with van der Waals surface area (Å²) in [6.45, 7) is 4.97. The van der Waals surface area contributed by atoms with Crippen molar-refractivity contribution in [3.05, 3.63) is 107 Å². The molecule has 3 aromatic carbocycles. The van der Waals surface area contributed by atoms with E-state index in [2.05, 4.69) is 29.2 Å². The second kappa shape index (κ2) is 11.7. The number of rotatable bonds is 10. The molecule has 174 valence electrons. The molecule has 1 saturated heterocycles. The van der Waals surface area contributed by atoms with Crippen molar-refractivity contribution in [1.29, 1.82) is 0 Å². The largest absolute Gasteiger partial charge is 0.494 e. The van der Waals surface area contributed by atoms with Gasteiger partial charge < -0.3 is 4.74 Å². The highest BCUT2D eigenvalue weighted by molar-refractivity contribution is 8.18. The van der Waals surface area contributed by atoms with Crippen molar-refractivity contribution in [3.63, 3.8) is 0 Å². The summed E-state index contributed by atoms with van der Waals surface area (Å²) in [5.41, 5.74) is 3.26. The van der Waals surface area contributed by atoms with E-state index < -0.39 is 0 Å². The minimum absolute atomic E-state index is 0.221. The zero-order chi connectivity index (χ0) is 23.8. The molecule has 6 heteroatoms. The van der Waals surface area contributed by atoms with Gasteiger partial charge in [-0.1, -0.05) is 72.8 Å². The molecule has 0 unspecified atom stereocenters. The van der Waals surface area contributed by atoms with Crippen molar-refractivity contribution < 1.29 is 14.3 Å². The first-order valence-corrected chi connectivity index (χ1v) is 12.2. The first-order chi connectivity index (χ1) is 16.6. The average molecular weight is 473 g/mol. The summed E-state index contributed by atoms with van der Waals surface area (Å²) < 4.78 is 5.47. The third kappa shape index (κ3) is 6.37. The van der Waals surface area contributed by atoms with Crippen molar-refractivity contribution in [2.75, 3.05) is 19.7 Å². The van der Waals surface area contributed by atoms with Gasteiger partial charge in [-0.2, -0.15) is 0 Å². The predicted octanol–water partition coefficient (Wildman–Crippen LogP) is 5.82. The minimum Gasteiger partial charge on any atom is -0.494 e. The van der Waals surface area contributed by atoms with E-state index in [4.69, 9.17) is 4.74 Å². The Hall–Kier alpha value is -3.35. The van der Waals surface area contributed by atoms with E-state index in [1.807, 2.05) is 67.6 Å². The van der Waals surface area contributed by atoms with Crippen LogP contribution in [0.4, 0.5) is 4.79 Å². The van der Waals surface area contributed by atoms with Crippen LogP contribution in [-0.2, 0) is 17.9 Å². The van der Waals surface area contributed by atoms with Gasteiger partial charge in [-0.05, 0) is 53.6 Å². The van der Waals surface area contributed by atoms with E-state index in [-0.39, 0.29) is 11.1 Å². The van der Waals surface area contributed by atoms with E-state index in [9.17, 15) is 9.59 Å². The first kappa shape index (κ1) is 23.8. The lowest BCUT2D eigenvalue weighted by atomic mass is 10.1. The SMILES string of the molecule is CCOc1ccc(/C=C2\SC(=O)N(CCN(Cc3ccccc3)Cc3ccccc3)C2=O)cc1. The van der Waals surface area contributed by atoms with Gasteiger partial charge in [0, 0.05) is 26.2 Å². The highest BCUT2D eigenvalue weighted by Crippen LogP contribution is 2.32. The van der Waals surface area contributed by atoms with Gasteiger partial charge in [-0.15, -0.1) is 0 Å². The summed E-state index contributed by atoms with van der Waals surface area (Å²) in [6.07, 6.45) is 1.77. The molecule has 1 aliphatic heterocycles. The smallest absolute Gasteiger partial charge is 0.293 e. The van der Waals surface area contributed by atoms with Crippen molar-refractivity contribution >= 4 is 29.0 Å². The van der Waals surface area contributed by atoms with Gasteiger partial charge in [0.1, 0.15) is 5.75 Å². The van der Waals surface area contributed by atoms with E-state index in [1.165, 1.54) is 16.0 Å². The fourth-order valence-electron chi connectivity index (χ4n) is 3.81. The second-order valence-electron chi connectivity index (χ2n) is 8.02. The Kier molecular flexibility index (Phi) is 8.17. The molecule has 0 radical (unpaired) electrons. The number of amides is 2. The van der Waals surface area contributed by atoms with Crippen LogP contribution in [-0.4, -0.2) is 40.6 Å². The van der Waals surface area contributed by atoms with Crippen molar-refractivity contribution in [2.45, 2.75) is 20.0 Å².